The SMILES string of the molecule is O=C1N(CC2CC2)CCO[C@@]12CN(Cc1ccsc1)C[C@H]2c1cccnc1. The van der Waals surface area contributed by atoms with E-state index >= 15 is 0 Å². The lowest BCUT2D eigenvalue weighted by molar-refractivity contribution is -0.172. The van der Waals surface area contributed by atoms with E-state index in [0.717, 1.165) is 31.7 Å². The number of likely N-dealkylation sites (tertiary alicyclic amines) is 1. The van der Waals surface area contributed by atoms with Crippen molar-refractivity contribution in [2.24, 2.45) is 5.92 Å². The Kier molecular flexibility index (Phi) is 4.50. The Morgan fingerprint density at radius 3 is 3.00 bits per heavy atom. The molecule has 1 spiro atoms. The topological polar surface area (TPSA) is 45.7 Å². The summed E-state index contributed by atoms with van der Waals surface area (Å²) < 4.78 is 6.33. The molecule has 3 fully saturated rings. The van der Waals surface area contributed by atoms with Crippen LogP contribution in [0.4, 0.5) is 0 Å². The van der Waals surface area contributed by atoms with Gasteiger partial charge in [-0.25, -0.2) is 0 Å². The number of nitrogens with zero attached hydrogens (tertiary/aromatic N) is 3. The number of thiophene rings is 1. The Morgan fingerprint density at radius 1 is 1.33 bits per heavy atom. The van der Waals surface area contributed by atoms with Gasteiger partial charge in [0, 0.05) is 51.0 Å². The van der Waals surface area contributed by atoms with Crippen LogP contribution in [0.25, 0.3) is 0 Å². The lowest BCUT2D eigenvalue weighted by atomic mass is 9.83. The fraction of sp³-hybridized carbons (Fsp3) is 0.524. The molecule has 0 radical (unpaired) electrons. The van der Waals surface area contributed by atoms with Gasteiger partial charge in [0.05, 0.1) is 6.61 Å². The molecule has 1 saturated carbocycles. The molecule has 142 valence electrons. The van der Waals surface area contributed by atoms with Crippen LogP contribution in [0.2, 0.25) is 0 Å². The summed E-state index contributed by atoms with van der Waals surface area (Å²) in [6.07, 6.45) is 6.20. The average molecular weight is 384 g/mol. The van der Waals surface area contributed by atoms with Gasteiger partial charge in [0.25, 0.3) is 5.91 Å². The van der Waals surface area contributed by atoms with Gasteiger partial charge in [0.2, 0.25) is 0 Å². The first-order valence-corrected chi connectivity index (χ1v) is 10.8. The first-order chi connectivity index (χ1) is 13.2. The van der Waals surface area contributed by atoms with Gasteiger partial charge < -0.3 is 9.64 Å². The highest BCUT2D eigenvalue weighted by Gasteiger charge is 2.57. The van der Waals surface area contributed by atoms with Gasteiger partial charge in [-0.3, -0.25) is 14.7 Å². The maximum atomic E-state index is 13.6. The molecule has 0 bridgehead atoms. The molecule has 4 heterocycles. The summed E-state index contributed by atoms with van der Waals surface area (Å²) in [5.74, 6) is 0.908. The second-order valence-electron chi connectivity index (χ2n) is 8.07. The summed E-state index contributed by atoms with van der Waals surface area (Å²) in [6.45, 7) is 4.59. The predicted molar refractivity (Wildman–Crippen MR) is 105 cm³/mol. The molecule has 0 aromatic carbocycles. The van der Waals surface area contributed by atoms with Crippen LogP contribution in [-0.4, -0.2) is 59.1 Å². The third-order valence-electron chi connectivity index (χ3n) is 6.08. The number of pyridine rings is 1. The van der Waals surface area contributed by atoms with Crippen molar-refractivity contribution in [1.29, 1.82) is 0 Å². The maximum absolute atomic E-state index is 13.6. The van der Waals surface area contributed by atoms with Gasteiger partial charge in [0.15, 0.2) is 5.60 Å². The number of carbonyl (C=O) groups excluding carboxylic acids is 1. The molecule has 27 heavy (non-hydrogen) atoms. The minimum absolute atomic E-state index is 0.0272. The van der Waals surface area contributed by atoms with Gasteiger partial charge >= 0.3 is 0 Å². The quantitative estimate of drug-likeness (QED) is 0.797. The fourth-order valence-corrected chi connectivity index (χ4v) is 5.21. The second kappa shape index (κ2) is 7.00. The number of aromatic nitrogens is 1. The Morgan fingerprint density at radius 2 is 2.26 bits per heavy atom. The third-order valence-corrected chi connectivity index (χ3v) is 6.81. The van der Waals surface area contributed by atoms with E-state index in [4.69, 9.17) is 4.74 Å². The highest BCUT2D eigenvalue weighted by atomic mass is 32.1. The van der Waals surface area contributed by atoms with Crippen LogP contribution in [0.1, 0.15) is 29.9 Å². The van der Waals surface area contributed by atoms with Gasteiger partial charge in [-0.05, 0) is 52.8 Å². The van der Waals surface area contributed by atoms with E-state index in [1.165, 1.54) is 18.4 Å². The molecular formula is C21H25N3O2S. The first-order valence-electron chi connectivity index (χ1n) is 9.81. The summed E-state index contributed by atoms with van der Waals surface area (Å²) in [5, 5.41) is 4.30. The fourth-order valence-electron chi connectivity index (χ4n) is 4.55. The van der Waals surface area contributed by atoms with E-state index < -0.39 is 5.60 Å². The monoisotopic (exact) mass is 383 g/mol. The smallest absolute Gasteiger partial charge is 0.256 e. The molecule has 5 rings (SSSR count). The van der Waals surface area contributed by atoms with Crippen molar-refractivity contribution in [3.8, 4) is 0 Å². The molecule has 2 atom stereocenters. The van der Waals surface area contributed by atoms with Crippen LogP contribution in [0.5, 0.6) is 0 Å². The zero-order valence-electron chi connectivity index (χ0n) is 15.4. The van der Waals surface area contributed by atoms with Crippen LogP contribution in [-0.2, 0) is 16.1 Å². The summed E-state index contributed by atoms with van der Waals surface area (Å²) in [4.78, 5) is 22.4. The van der Waals surface area contributed by atoms with E-state index in [2.05, 4.69) is 37.7 Å². The lowest BCUT2D eigenvalue weighted by Gasteiger charge is -2.42. The number of ether oxygens (including phenoxy) is 1. The van der Waals surface area contributed by atoms with E-state index in [1.807, 2.05) is 12.3 Å². The molecule has 2 aliphatic heterocycles. The van der Waals surface area contributed by atoms with Crippen molar-refractivity contribution in [2.75, 3.05) is 32.8 Å². The van der Waals surface area contributed by atoms with Crippen molar-refractivity contribution in [3.63, 3.8) is 0 Å². The lowest BCUT2D eigenvalue weighted by Crippen LogP contribution is -2.60. The minimum atomic E-state index is -0.772. The molecule has 2 aromatic rings. The van der Waals surface area contributed by atoms with Crippen LogP contribution in [0, 0.1) is 5.92 Å². The molecule has 6 heteroatoms. The van der Waals surface area contributed by atoms with Crippen molar-refractivity contribution in [1.82, 2.24) is 14.8 Å². The highest BCUT2D eigenvalue weighted by molar-refractivity contribution is 7.07. The Balaban J connectivity index is 1.45. The molecule has 1 aliphatic carbocycles. The average Bonchev–Trinajstić information content (AvgIpc) is 3.22. The standard InChI is InChI=1S/C21H25N3O2S/c25-20-21(26-8-7-24(20)12-16-3-4-16)15-23(11-17-5-9-27-14-17)13-19(21)18-2-1-6-22-10-18/h1-2,5-6,9-10,14,16,19H,3-4,7-8,11-13,15H2/t19-,21+/m0/s1. The molecule has 3 aliphatic rings. The number of carbonyl (C=O) groups is 1. The number of rotatable bonds is 5. The summed E-state index contributed by atoms with van der Waals surface area (Å²) >= 11 is 1.72. The van der Waals surface area contributed by atoms with Crippen molar-refractivity contribution >= 4 is 17.2 Å². The highest BCUT2D eigenvalue weighted by Crippen LogP contribution is 2.43. The number of morpholine rings is 1. The predicted octanol–water partition coefficient (Wildman–Crippen LogP) is 2.75. The molecular weight excluding hydrogens is 358 g/mol. The molecule has 2 aromatic heterocycles. The van der Waals surface area contributed by atoms with Gasteiger partial charge in [-0.2, -0.15) is 11.3 Å². The van der Waals surface area contributed by atoms with Gasteiger partial charge in [0.1, 0.15) is 0 Å². The maximum Gasteiger partial charge on any atom is 0.256 e. The number of hydrogen-bond donors (Lipinski definition) is 0. The number of hydrogen-bond acceptors (Lipinski definition) is 5. The zero-order chi connectivity index (χ0) is 18.3. The Bertz CT molecular complexity index is 793. The van der Waals surface area contributed by atoms with Crippen molar-refractivity contribution in [2.45, 2.75) is 30.9 Å². The van der Waals surface area contributed by atoms with Crippen LogP contribution < -0.4 is 0 Å². The van der Waals surface area contributed by atoms with Crippen LogP contribution in [0.15, 0.2) is 41.4 Å². The van der Waals surface area contributed by atoms with Gasteiger partial charge in [-0.15, -0.1) is 0 Å². The van der Waals surface area contributed by atoms with Gasteiger partial charge in [-0.1, -0.05) is 6.07 Å². The summed E-state index contributed by atoms with van der Waals surface area (Å²) in [7, 11) is 0. The molecule has 1 amide bonds. The molecule has 0 N–H and O–H groups in total. The summed E-state index contributed by atoms with van der Waals surface area (Å²) in [5.41, 5.74) is 1.64. The van der Waals surface area contributed by atoms with Crippen LogP contribution in [0.3, 0.4) is 0 Å². The van der Waals surface area contributed by atoms with Crippen molar-refractivity contribution < 1.29 is 9.53 Å². The molecule has 0 unspecified atom stereocenters. The first kappa shape index (κ1) is 17.3. The number of amides is 1. The van der Waals surface area contributed by atoms with Crippen LogP contribution >= 0.6 is 11.3 Å². The van der Waals surface area contributed by atoms with E-state index in [0.29, 0.717) is 19.1 Å². The van der Waals surface area contributed by atoms with E-state index in [9.17, 15) is 4.79 Å². The normalized spacial score (nSPS) is 29.0. The van der Waals surface area contributed by atoms with E-state index in [-0.39, 0.29) is 11.8 Å². The zero-order valence-corrected chi connectivity index (χ0v) is 16.2. The molecule has 2 saturated heterocycles. The van der Waals surface area contributed by atoms with E-state index in [1.54, 1.807) is 17.5 Å². The summed E-state index contributed by atoms with van der Waals surface area (Å²) in [6, 6.07) is 6.21. The third kappa shape index (κ3) is 3.30. The second-order valence-corrected chi connectivity index (χ2v) is 8.85. The molecule has 5 nitrogen and oxygen atoms in total. The minimum Gasteiger partial charge on any atom is -0.361 e. The largest absolute Gasteiger partial charge is 0.361 e. The van der Waals surface area contributed by atoms with Crippen molar-refractivity contribution in [3.05, 3.63) is 52.5 Å². The Hall–Kier alpha value is -1.76. The Labute approximate surface area is 164 Å².